The van der Waals surface area contributed by atoms with Crippen LogP contribution in [-0.2, 0) is 6.54 Å². The van der Waals surface area contributed by atoms with Crippen LogP contribution >= 0.6 is 0 Å². The molecule has 0 radical (unpaired) electrons. The van der Waals surface area contributed by atoms with Gasteiger partial charge in [0.15, 0.2) is 0 Å². The molecule has 2 heterocycles. The van der Waals surface area contributed by atoms with Gasteiger partial charge in [0.1, 0.15) is 17.3 Å². The molecule has 1 aromatic carbocycles. The van der Waals surface area contributed by atoms with Gasteiger partial charge in [-0.25, -0.2) is 8.78 Å². The van der Waals surface area contributed by atoms with E-state index in [4.69, 9.17) is 0 Å². The summed E-state index contributed by atoms with van der Waals surface area (Å²) in [6.07, 6.45) is 4.09. The van der Waals surface area contributed by atoms with E-state index in [1.54, 1.807) is 24.4 Å². The number of aromatic nitrogens is 2. The van der Waals surface area contributed by atoms with Crippen LogP contribution in [0.3, 0.4) is 0 Å². The number of carbonyl (C=O) groups is 2. The summed E-state index contributed by atoms with van der Waals surface area (Å²) in [5, 5.41) is 4.80. The summed E-state index contributed by atoms with van der Waals surface area (Å²) in [5.74, 6) is -3.05. The summed E-state index contributed by atoms with van der Waals surface area (Å²) in [4.78, 5) is 32.4. The van der Waals surface area contributed by atoms with E-state index in [-0.39, 0.29) is 17.7 Å². The molecule has 2 N–H and O–H groups in total. The third-order valence-electron chi connectivity index (χ3n) is 3.62. The highest BCUT2D eigenvalue weighted by Gasteiger charge is 2.15. The molecule has 0 bridgehead atoms. The quantitative estimate of drug-likeness (QED) is 0.725. The second kappa shape index (κ2) is 8.13. The second-order valence-electron chi connectivity index (χ2n) is 5.52. The molecule has 0 aliphatic heterocycles. The third kappa shape index (κ3) is 4.49. The van der Waals surface area contributed by atoms with Crippen LogP contribution in [0.5, 0.6) is 0 Å². The average molecular weight is 368 g/mol. The molecule has 0 spiro atoms. The van der Waals surface area contributed by atoms with E-state index in [9.17, 15) is 18.4 Å². The molecule has 3 aromatic rings. The molecule has 0 fully saturated rings. The van der Waals surface area contributed by atoms with Gasteiger partial charge < -0.3 is 10.6 Å². The van der Waals surface area contributed by atoms with Crippen LogP contribution < -0.4 is 10.6 Å². The average Bonchev–Trinajstić information content (AvgIpc) is 2.70. The van der Waals surface area contributed by atoms with Gasteiger partial charge in [0.2, 0.25) is 0 Å². The summed E-state index contributed by atoms with van der Waals surface area (Å²) in [6, 6.07) is 9.84. The van der Waals surface area contributed by atoms with Gasteiger partial charge in [0, 0.05) is 18.6 Å². The maximum atomic E-state index is 13.7. The molecule has 27 heavy (non-hydrogen) atoms. The van der Waals surface area contributed by atoms with Crippen LogP contribution in [0.4, 0.5) is 14.5 Å². The van der Waals surface area contributed by atoms with Crippen molar-refractivity contribution in [3.63, 3.8) is 0 Å². The van der Waals surface area contributed by atoms with E-state index >= 15 is 0 Å². The van der Waals surface area contributed by atoms with E-state index in [1.807, 2.05) is 0 Å². The summed E-state index contributed by atoms with van der Waals surface area (Å²) in [7, 11) is 0. The van der Waals surface area contributed by atoms with Gasteiger partial charge in [0.05, 0.1) is 23.4 Å². The maximum Gasteiger partial charge on any atom is 0.257 e. The monoisotopic (exact) mass is 368 g/mol. The molecule has 0 atom stereocenters. The zero-order valence-corrected chi connectivity index (χ0v) is 13.9. The molecule has 0 aliphatic carbocycles. The minimum Gasteiger partial charge on any atom is -0.346 e. The molecule has 0 aliphatic rings. The standard InChI is InChI=1S/C19H14F2N4O2/c20-15-5-3-6-16(21)17(15)25-19(27)13-8-12(9-22-10-13)18(26)24-11-14-4-1-2-7-23-14/h1-10H,11H2,(H,24,26)(H,25,27). The molecule has 136 valence electrons. The van der Waals surface area contributed by atoms with E-state index in [0.29, 0.717) is 5.69 Å². The minimum absolute atomic E-state index is 0.0110. The topological polar surface area (TPSA) is 84.0 Å². The number of anilines is 1. The fourth-order valence-electron chi connectivity index (χ4n) is 2.27. The Morgan fingerprint density at radius 2 is 1.63 bits per heavy atom. The highest BCUT2D eigenvalue weighted by atomic mass is 19.1. The highest BCUT2D eigenvalue weighted by molar-refractivity contribution is 6.05. The van der Waals surface area contributed by atoms with Crippen molar-refractivity contribution < 1.29 is 18.4 Å². The van der Waals surface area contributed by atoms with Crippen LogP contribution in [-0.4, -0.2) is 21.8 Å². The Balaban J connectivity index is 1.71. The van der Waals surface area contributed by atoms with Crippen molar-refractivity contribution in [1.82, 2.24) is 15.3 Å². The first-order valence-electron chi connectivity index (χ1n) is 7.93. The number of benzene rings is 1. The highest BCUT2D eigenvalue weighted by Crippen LogP contribution is 2.19. The first-order valence-corrected chi connectivity index (χ1v) is 7.93. The van der Waals surface area contributed by atoms with Gasteiger partial charge in [-0.1, -0.05) is 12.1 Å². The van der Waals surface area contributed by atoms with E-state index < -0.39 is 29.1 Å². The van der Waals surface area contributed by atoms with Gasteiger partial charge in [0.25, 0.3) is 11.8 Å². The van der Waals surface area contributed by atoms with Crippen LogP contribution in [0, 0.1) is 11.6 Å². The Morgan fingerprint density at radius 3 is 2.30 bits per heavy atom. The SMILES string of the molecule is O=C(NCc1ccccn1)c1cncc(C(=O)Nc2c(F)cccc2F)c1. The number of amides is 2. The van der Waals surface area contributed by atoms with Crippen molar-refractivity contribution in [2.24, 2.45) is 0 Å². The molecule has 0 unspecified atom stereocenters. The van der Waals surface area contributed by atoms with E-state index in [1.165, 1.54) is 24.5 Å². The van der Waals surface area contributed by atoms with Crippen molar-refractivity contribution in [2.45, 2.75) is 6.54 Å². The number of hydrogen-bond donors (Lipinski definition) is 2. The lowest BCUT2D eigenvalue weighted by atomic mass is 10.1. The van der Waals surface area contributed by atoms with Gasteiger partial charge in [-0.2, -0.15) is 0 Å². The van der Waals surface area contributed by atoms with Crippen LogP contribution in [0.2, 0.25) is 0 Å². The molecule has 2 amide bonds. The van der Waals surface area contributed by atoms with Crippen molar-refractivity contribution in [2.75, 3.05) is 5.32 Å². The normalized spacial score (nSPS) is 10.3. The number of nitrogens with one attached hydrogen (secondary N) is 2. The van der Waals surface area contributed by atoms with Crippen molar-refractivity contribution >= 4 is 17.5 Å². The number of nitrogens with zero attached hydrogens (tertiary/aromatic N) is 2. The molecule has 3 rings (SSSR count). The first-order chi connectivity index (χ1) is 13.0. The van der Waals surface area contributed by atoms with E-state index in [2.05, 4.69) is 20.6 Å². The molecule has 0 saturated carbocycles. The molecular formula is C19H14F2N4O2. The molecule has 6 nitrogen and oxygen atoms in total. The lowest BCUT2D eigenvalue weighted by Crippen LogP contribution is -2.24. The third-order valence-corrected chi connectivity index (χ3v) is 3.62. The van der Waals surface area contributed by atoms with Crippen LogP contribution in [0.15, 0.2) is 61.1 Å². The number of hydrogen-bond acceptors (Lipinski definition) is 4. The summed E-state index contributed by atoms with van der Waals surface area (Å²) in [5.41, 5.74) is 0.228. The van der Waals surface area contributed by atoms with Gasteiger partial charge >= 0.3 is 0 Å². The number of halogens is 2. The largest absolute Gasteiger partial charge is 0.346 e. The fourth-order valence-corrected chi connectivity index (χ4v) is 2.27. The Kier molecular flexibility index (Phi) is 5.46. The first kappa shape index (κ1) is 18.1. The van der Waals surface area contributed by atoms with Gasteiger partial charge in [-0.15, -0.1) is 0 Å². The molecule has 2 aromatic heterocycles. The summed E-state index contributed by atoms with van der Waals surface area (Å²) < 4.78 is 27.3. The Bertz CT molecular complexity index is 960. The van der Waals surface area contributed by atoms with E-state index in [0.717, 1.165) is 12.1 Å². The minimum atomic E-state index is -0.902. The number of rotatable bonds is 5. The smallest absolute Gasteiger partial charge is 0.257 e. The predicted molar refractivity (Wildman–Crippen MR) is 94.0 cm³/mol. The second-order valence-corrected chi connectivity index (χ2v) is 5.52. The molecule has 8 heteroatoms. The number of pyridine rings is 2. The number of para-hydroxylation sites is 1. The van der Waals surface area contributed by atoms with Crippen molar-refractivity contribution in [1.29, 1.82) is 0 Å². The zero-order valence-electron chi connectivity index (χ0n) is 13.9. The fraction of sp³-hybridized carbons (Fsp3) is 0.0526. The maximum absolute atomic E-state index is 13.7. The lowest BCUT2D eigenvalue weighted by Gasteiger charge is -2.09. The summed E-state index contributed by atoms with van der Waals surface area (Å²) >= 11 is 0. The summed E-state index contributed by atoms with van der Waals surface area (Å²) in [6.45, 7) is 0.205. The van der Waals surface area contributed by atoms with Crippen molar-refractivity contribution in [3.8, 4) is 0 Å². The lowest BCUT2D eigenvalue weighted by molar-refractivity contribution is 0.0950. The predicted octanol–water partition coefficient (Wildman–Crippen LogP) is 2.94. The van der Waals surface area contributed by atoms with Crippen molar-refractivity contribution in [3.05, 3.63) is 89.5 Å². The van der Waals surface area contributed by atoms with Gasteiger partial charge in [-0.3, -0.25) is 19.6 Å². The number of carbonyl (C=O) groups excluding carboxylic acids is 2. The molecule has 0 saturated heterocycles. The zero-order chi connectivity index (χ0) is 19.2. The Labute approximate surface area is 153 Å². The molecular weight excluding hydrogens is 354 g/mol. The van der Waals surface area contributed by atoms with Crippen LogP contribution in [0.25, 0.3) is 0 Å². The Morgan fingerprint density at radius 1 is 0.926 bits per heavy atom. The van der Waals surface area contributed by atoms with Gasteiger partial charge in [-0.05, 0) is 30.3 Å². The Hall–Kier alpha value is -3.68. The van der Waals surface area contributed by atoms with Crippen LogP contribution in [0.1, 0.15) is 26.4 Å².